The van der Waals surface area contributed by atoms with Crippen LogP contribution < -0.4 is 5.73 Å². The molecule has 2 aromatic carbocycles. The fourth-order valence-electron chi connectivity index (χ4n) is 3.25. The molecule has 1 aliphatic carbocycles. The molecule has 2 aromatic rings. The van der Waals surface area contributed by atoms with Gasteiger partial charge in [0.1, 0.15) is 0 Å². The van der Waals surface area contributed by atoms with Crippen molar-refractivity contribution in [1.29, 1.82) is 0 Å². The van der Waals surface area contributed by atoms with E-state index >= 15 is 0 Å². The molecule has 0 bridgehead atoms. The number of hydrogen-bond acceptors (Lipinski definition) is 3. The van der Waals surface area contributed by atoms with E-state index in [0.29, 0.717) is 11.5 Å². The highest BCUT2D eigenvalue weighted by molar-refractivity contribution is 7.98. The summed E-state index contributed by atoms with van der Waals surface area (Å²) in [4.78, 5) is 12.3. The van der Waals surface area contributed by atoms with Gasteiger partial charge in [0.2, 0.25) is 0 Å². The highest BCUT2D eigenvalue weighted by atomic mass is 32.2. The number of urea groups is 1. The van der Waals surface area contributed by atoms with Gasteiger partial charge in [0.05, 0.1) is 6.54 Å². The van der Waals surface area contributed by atoms with E-state index in [4.69, 9.17) is 5.73 Å². The van der Waals surface area contributed by atoms with Gasteiger partial charge >= 0.3 is 6.03 Å². The van der Waals surface area contributed by atoms with Crippen LogP contribution >= 0.6 is 11.8 Å². The Morgan fingerprint density at radius 2 is 1.81 bits per heavy atom. The summed E-state index contributed by atoms with van der Waals surface area (Å²) in [6.07, 6.45) is 4.76. The largest absolute Gasteiger partial charge is 0.350 e. The summed E-state index contributed by atoms with van der Waals surface area (Å²) in [6, 6.07) is 15.9. The molecule has 5 heteroatoms. The van der Waals surface area contributed by atoms with Gasteiger partial charge in [-0.3, -0.25) is 5.21 Å². The van der Waals surface area contributed by atoms with Crippen molar-refractivity contribution in [1.82, 2.24) is 5.06 Å². The van der Waals surface area contributed by atoms with Gasteiger partial charge in [-0.1, -0.05) is 36.4 Å². The van der Waals surface area contributed by atoms with E-state index in [9.17, 15) is 10.0 Å². The maximum Gasteiger partial charge on any atom is 0.338 e. The maximum atomic E-state index is 11.1. The lowest BCUT2D eigenvalue weighted by Crippen LogP contribution is -2.33. The zero-order chi connectivity index (χ0) is 18.7. The van der Waals surface area contributed by atoms with E-state index in [-0.39, 0.29) is 6.54 Å². The van der Waals surface area contributed by atoms with Crippen molar-refractivity contribution in [3.8, 4) is 0 Å². The number of carbonyl (C=O) groups excluding carboxylic acids is 1. The Bertz CT molecular complexity index is 885. The van der Waals surface area contributed by atoms with Crippen LogP contribution in [0.1, 0.15) is 30.0 Å². The summed E-state index contributed by atoms with van der Waals surface area (Å²) in [6.45, 7) is 2.25. The molecule has 0 aromatic heterocycles. The Balaban J connectivity index is 1.98. The molecular formula is C21H22N2O2S. The first kappa shape index (κ1) is 18.3. The summed E-state index contributed by atoms with van der Waals surface area (Å²) in [5.41, 5.74) is 12.1. The summed E-state index contributed by atoms with van der Waals surface area (Å²) in [5, 5.41) is 10.2. The third kappa shape index (κ3) is 3.69. The van der Waals surface area contributed by atoms with Crippen LogP contribution in [0.4, 0.5) is 4.79 Å². The fourth-order valence-corrected chi connectivity index (χ4v) is 3.66. The zero-order valence-electron chi connectivity index (χ0n) is 14.9. The SMILES string of the molecule is CSc1ccc(C=C2C(CCN(O)C(N)=O)=C(C)c3ccccc32)cc1. The lowest BCUT2D eigenvalue weighted by atomic mass is 9.98. The van der Waals surface area contributed by atoms with Crippen LogP contribution in [-0.4, -0.2) is 29.1 Å². The Hall–Kier alpha value is -2.50. The molecule has 26 heavy (non-hydrogen) atoms. The van der Waals surface area contributed by atoms with Gasteiger partial charge in [-0.05, 0) is 71.2 Å². The summed E-state index contributed by atoms with van der Waals surface area (Å²) < 4.78 is 0. The van der Waals surface area contributed by atoms with Crippen molar-refractivity contribution in [3.63, 3.8) is 0 Å². The second-order valence-corrected chi connectivity index (χ2v) is 7.07. The molecule has 0 radical (unpaired) electrons. The number of hydroxylamine groups is 2. The Morgan fingerprint density at radius 3 is 2.42 bits per heavy atom. The molecule has 0 unspecified atom stereocenters. The number of hydrogen-bond donors (Lipinski definition) is 2. The van der Waals surface area contributed by atoms with Gasteiger partial charge in [0.15, 0.2) is 0 Å². The van der Waals surface area contributed by atoms with Crippen LogP contribution in [0.15, 0.2) is 59.0 Å². The zero-order valence-corrected chi connectivity index (χ0v) is 15.7. The third-order valence-corrected chi connectivity index (χ3v) is 5.40. The van der Waals surface area contributed by atoms with Crippen LogP contribution in [0, 0.1) is 0 Å². The van der Waals surface area contributed by atoms with Crippen LogP contribution in [-0.2, 0) is 0 Å². The van der Waals surface area contributed by atoms with E-state index in [1.165, 1.54) is 21.6 Å². The van der Waals surface area contributed by atoms with Crippen molar-refractivity contribution in [2.45, 2.75) is 18.2 Å². The number of allylic oxidation sites excluding steroid dienone is 2. The predicted octanol–water partition coefficient (Wildman–Crippen LogP) is 4.90. The second kappa shape index (κ2) is 7.81. The second-order valence-electron chi connectivity index (χ2n) is 6.19. The van der Waals surface area contributed by atoms with Crippen molar-refractivity contribution in [2.24, 2.45) is 5.73 Å². The molecule has 0 fully saturated rings. The quantitative estimate of drug-likeness (QED) is 0.449. The van der Waals surface area contributed by atoms with Crippen molar-refractivity contribution < 1.29 is 10.0 Å². The van der Waals surface area contributed by atoms with Gasteiger partial charge in [-0.2, -0.15) is 0 Å². The number of benzene rings is 2. The minimum absolute atomic E-state index is 0.165. The first-order valence-corrected chi connectivity index (χ1v) is 9.65. The molecule has 0 saturated carbocycles. The molecule has 0 heterocycles. The maximum absolute atomic E-state index is 11.1. The molecule has 0 saturated heterocycles. The highest BCUT2D eigenvalue weighted by Crippen LogP contribution is 2.43. The molecule has 3 rings (SSSR count). The molecule has 0 spiro atoms. The molecule has 134 valence electrons. The van der Waals surface area contributed by atoms with Gasteiger partial charge in [-0.25, -0.2) is 9.86 Å². The smallest absolute Gasteiger partial charge is 0.338 e. The average molecular weight is 366 g/mol. The van der Waals surface area contributed by atoms with Crippen LogP contribution in [0.25, 0.3) is 17.2 Å². The lowest BCUT2D eigenvalue weighted by molar-refractivity contribution is -0.0379. The number of rotatable bonds is 5. The Morgan fingerprint density at radius 1 is 1.15 bits per heavy atom. The number of nitrogens with zero attached hydrogens (tertiary/aromatic N) is 1. The van der Waals surface area contributed by atoms with Gasteiger partial charge in [0, 0.05) is 4.90 Å². The summed E-state index contributed by atoms with van der Waals surface area (Å²) >= 11 is 1.72. The molecule has 4 nitrogen and oxygen atoms in total. The van der Waals surface area contributed by atoms with Crippen LogP contribution in [0.3, 0.4) is 0 Å². The Labute approximate surface area is 158 Å². The molecule has 0 aliphatic heterocycles. The molecule has 2 amide bonds. The summed E-state index contributed by atoms with van der Waals surface area (Å²) in [7, 11) is 0. The first-order chi connectivity index (χ1) is 12.5. The number of carbonyl (C=O) groups is 1. The highest BCUT2D eigenvalue weighted by Gasteiger charge is 2.23. The summed E-state index contributed by atoms with van der Waals surface area (Å²) in [5.74, 6) is 0. The molecule has 3 N–H and O–H groups in total. The number of primary amides is 1. The van der Waals surface area contributed by atoms with Crippen molar-refractivity contribution >= 4 is 35.0 Å². The minimum Gasteiger partial charge on any atom is -0.350 e. The monoisotopic (exact) mass is 366 g/mol. The van der Waals surface area contributed by atoms with E-state index in [0.717, 1.165) is 16.7 Å². The number of thioether (sulfide) groups is 1. The normalized spacial score (nSPS) is 14.7. The van der Waals surface area contributed by atoms with Gasteiger partial charge < -0.3 is 5.73 Å². The van der Waals surface area contributed by atoms with Crippen molar-refractivity contribution in [2.75, 3.05) is 12.8 Å². The standard InChI is InChI=1S/C21H22N2O2S/c1-14-17-5-3-4-6-19(17)20(18(14)11-12-23(25)21(22)24)13-15-7-9-16(26-2)10-8-15/h3-10,13,25H,11-12H2,1-2H3,(H2,22,24). The predicted molar refractivity (Wildman–Crippen MR) is 108 cm³/mol. The molecule has 0 atom stereocenters. The van der Waals surface area contributed by atoms with Gasteiger partial charge in [-0.15, -0.1) is 11.8 Å². The van der Waals surface area contributed by atoms with E-state index < -0.39 is 6.03 Å². The van der Waals surface area contributed by atoms with Gasteiger partial charge in [0.25, 0.3) is 0 Å². The fraction of sp³-hybridized carbons (Fsp3) is 0.190. The topological polar surface area (TPSA) is 66.6 Å². The molecule has 1 aliphatic rings. The van der Waals surface area contributed by atoms with Crippen molar-refractivity contribution in [3.05, 3.63) is 70.8 Å². The third-order valence-electron chi connectivity index (χ3n) is 4.65. The van der Waals surface area contributed by atoms with Crippen LogP contribution in [0.5, 0.6) is 0 Å². The van der Waals surface area contributed by atoms with Crippen LogP contribution in [0.2, 0.25) is 0 Å². The first-order valence-electron chi connectivity index (χ1n) is 8.42. The number of amides is 2. The minimum atomic E-state index is -0.836. The van der Waals surface area contributed by atoms with E-state index in [1.807, 2.05) is 12.1 Å². The number of nitrogens with two attached hydrogens (primary N) is 1. The lowest BCUT2D eigenvalue weighted by Gasteiger charge is -2.14. The van der Waals surface area contributed by atoms with E-state index in [1.54, 1.807) is 11.8 Å². The average Bonchev–Trinajstić information content (AvgIpc) is 2.92. The van der Waals surface area contributed by atoms with E-state index in [2.05, 4.69) is 55.7 Å². The number of fused-ring (bicyclic) bond motifs is 1. The Kier molecular flexibility index (Phi) is 5.49. The molecular weight excluding hydrogens is 344 g/mol.